The van der Waals surface area contributed by atoms with Crippen molar-refractivity contribution in [2.45, 2.75) is 0 Å². The summed E-state index contributed by atoms with van der Waals surface area (Å²) in [6.45, 7) is 0. The molecule has 0 N–H and O–H groups in total. The summed E-state index contributed by atoms with van der Waals surface area (Å²) in [6, 6.07) is 92.7. The second-order valence-electron chi connectivity index (χ2n) is 19.7. The molecule has 2 aliphatic rings. The van der Waals surface area contributed by atoms with Gasteiger partial charge in [0.15, 0.2) is 17.5 Å². The zero-order chi connectivity index (χ0) is 50.3. The Morgan fingerprint density at radius 1 is 0.237 bits per heavy atom. The standard InChI is InChI=1S/C72H42N4/c73-43-53-41-52(55-18-4-5-19-56(55)57-20-6-7-21-58(57)65-40-35-47-17-12-25-62-59-22-8-9-23-63(59)69(65)68(47)62)37-38-54(53)45-29-33-50(34-30-45)72-75-70(48-13-2-1-3-14-48)74-71(76-72)49-31-27-44(28-32-49)51-36-39-60-61-24-10-15-46-16-11-26-64(67(46)61)66(60)42-51/h1-42H. The Labute approximate surface area is 440 Å². The molecule has 350 valence electrons. The van der Waals surface area contributed by atoms with E-state index in [4.69, 9.17) is 15.0 Å². The maximum Gasteiger partial charge on any atom is 0.164 e. The second-order valence-corrected chi connectivity index (χ2v) is 19.7. The van der Waals surface area contributed by atoms with E-state index in [2.05, 4.69) is 212 Å². The Balaban J connectivity index is 0.749. The van der Waals surface area contributed by atoms with E-state index in [1.807, 2.05) is 48.5 Å². The van der Waals surface area contributed by atoms with E-state index in [0.717, 1.165) is 61.2 Å². The lowest BCUT2D eigenvalue weighted by molar-refractivity contribution is 1.07. The van der Waals surface area contributed by atoms with E-state index in [1.54, 1.807) is 0 Å². The van der Waals surface area contributed by atoms with E-state index >= 15 is 0 Å². The molecule has 0 radical (unpaired) electrons. The fourth-order valence-electron chi connectivity index (χ4n) is 12.0. The summed E-state index contributed by atoms with van der Waals surface area (Å²) in [5, 5.41) is 15.9. The summed E-state index contributed by atoms with van der Waals surface area (Å²) in [5.74, 6) is 1.76. The van der Waals surface area contributed by atoms with Crippen molar-refractivity contribution in [3.8, 4) is 140 Å². The van der Waals surface area contributed by atoms with Crippen LogP contribution in [0.5, 0.6) is 0 Å². The van der Waals surface area contributed by atoms with Gasteiger partial charge >= 0.3 is 0 Å². The Morgan fingerprint density at radius 2 is 0.645 bits per heavy atom. The predicted octanol–water partition coefficient (Wildman–Crippen LogP) is 18.7. The number of aromatic nitrogens is 3. The van der Waals surface area contributed by atoms with Gasteiger partial charge in [0, 0.05) is 16.7 Å². The van der Waals surface area contributed by atoms with E-state index in [1.165, 1.54) is 77.2 Å². The van der Waals surface area contributed by atoms with Crippen LogP contribution in [0.15, 0.2) is 255 Å². The van der Waals surface area contributed by atoms with Crippen LogP contribution in [-0.4, -0.2) is 15.0 Å². The van der Waals surface area contributed by atoms with Crippen molar-refractivity contribution in [3.63, 3.8) is 0 Å². The molecule has 0 unspecified atom stereocenters. The monoisotopic (exact) mass is 962 g/mol. The lowest BCUT2D eigenvalue weighted by Gasteiger charge is -2.18. The number of rotatable bonds is 8. The number of fused-ring (bicyclic) bond motifs is 6. The van der Waals surface area contributed by atoms with Crippen LogP contribution in [0, 0.1) is 11.3 Å². The van der Waals surface area contributed by atoms with Gasteiger partial charge in [0.05, 0.1) is 11.6 Å². The highest BCUT2D eigenvalue weighted by Gasteiger charge is 2.26. The van der Waals surface area contributed by atoms with Crippen molar-refractivity contribution in [1.82, 2.24) is 15.0 Å². The van der Waals surface area contributed by atoms with Crippen LogP contribution in [0.4, 0.5) is 0 Å². The van der Waals surface area contributed by atoms with Crippen molar-refractivity contribution in [2.24, 2.45) is 0 Å². The lowest BCUT2D eigenvalue weighted by atomic mass is 9.85. The Hall–Kier alpha value is -10.3. The highest BCUT2D eigenvalue weighted by Crippen LogP contribution is 2.53. The van der Waals surface area contributed by atoms with Crippen LogP contribution in [0.25, 0.3) is 156 Å². The fraction of sp³-hybridized carbons (Fsp3) is 0. The molecule has 0 saturated heterocycles. The number of nitriles is 1. The van der Waals surface area contributed by atoms with Crippen LogP contribution in [-0.2, 0) is 0 Å². The van der Waals surface area contributed by atoms with E-state index < -0.39 is 0 Å². The minimum absolute atomic E-state index is 0.571. The van der Waals surface area contributed by atoms with Gasteiger partial charge in [-0.15, -0.1) is 0 Å². The van der Waals surface area contributed by atoms with Crippen molar-refractivity contribution >= 4 is 21.5 Å². The molecule has 76 heavy (non-hydrogen) atoms. The Bertz CT molecular complexity index is 4560. The Kier molecular flexibility index (Phi) is 9.91. The zero-order valence-electron chi connectivity index (χ0n) is 41.0. The molecule has 4 nitrogen and oxygen atoms in total. The summed E-state index contributed by atoms with van der Waals surface area (Å²) >= 11 is 0. The molecular weight excluding hydrogens is 921 g/mol. The summed E-state index contributed by atoms with van der Waals surface area (Å²) in [4.78, 5) is 15.2. The molecular formula is C72H42N4. The first-order valence-corrected chi connectivity index (χ1v) is 25.7. The molecule has 1 aromatic heterocycles. The van der Waals surface area contributed by atoms with Crippen LogP contribution in [0.1, 0.15) is 5.56 Å². The predicted molar refractivity (Wildman–Crippen MR) is 312 cm³/mol. The number of nitrogens with zero attached hydrogens (tertiary/aromatic N) is 4. The number of hydrogen-bond acceptors (Lipinski definition) is 4. The molecule has 0 aliphatic heterocycles. The number of hydrogen-bond donors (Lipinski definition) is 0. The van der Waals surface area contributed by atoms with Gasteiger partial charge in [-0.2, -0.15) is 5.26 Å². The van der Waals surface area contributed by atoms with Gasteiger partial charge in [0.1, 0.15) is 0 Å². The highest BCUT2D eigenvalue weighted by atomic mass is 15.0. The van der Waals surface area contributed by atoms with E-state index in [0.29, 0.717) is 23.0 Å². The SMILES string of the molecule is N#Cc1cc(-c2ccccc2-c2ccccc2-c2ccc3cccc4c3c2-c2ccccc2-4)ccc1-c1ccc(-c2nc(-c3ccccc3)nc(-c3ccc(-c4ccc5c(c4)-c4cccc6cccc-5c46)cc3)n2)cc1. The van der Waals surface area contributed by atoms with Crippen LogP contribution in [0.3, 0.4) is 0 Å². The maximum atomic E-state index is 10.8. The van der Waals surface area contributed by atoms with Gasteiger partial charge in [0.2, 0.25) is 0 Å². The van der Waals surface area contributed by atoms with Crippen LogP contribution >= 0.6 is 0 Å². The second kappa shape index (κ2) is 17.4. The highest BCUT2D eigenvalue weighted by molar-refractivity contribution is 6.20. The first-order valence-electron chi connectivity index (χ1n) is 25.7. The van der Waals surface area contributed by atoms with Crippen molar-refractivity contribution in [2.75, 3.05) is 0 Å². The Morgan fingerprint density at radius 3 is 1.28 bits per heavy atom. The lowest BCUT2D eigenvalue weighted by Crippen LogP contribution is -2.00. The van der Waals surface area contributed by atoms with Gasteiger partial charge in [-0.1, -0.05) is 243 Å². The molecule has 0 saturated carbocycles. The molecule has 13 aromatic rings. The molecule has 2 aliphatic carbocycles. The van der Waals surface area contributed by atoms with Gasteiger partial charge in [-0.05, 0) is 134 Å². The normalized spacial score (nSPS) is 11.7. The largest absolute Gasteiger partial charge is 0.208 e. The molecule has 0 amide bonds. The number of benzene rings is 12. The van der Waals surface area contributed by atoms with E-state index in [-0.39, 0.29) is 0 Å². The summed E-state index contributed by atoms with van der Waals surface area (Å²) in [7, 11) is 0. The maximum absolute atomic E-state index is 10.8. The molecule has 0 fully saturated rings. The average Bonchev–Trinajstić information content (AvgIpc) is 4.04. The first kappa shape index (κ1) is 43.3. The average molecular weight is 963 g/mol. The van der Waals surface area contributed by atoms with Gasteiger partial charge < -0.3 is 0 Å². The van der Waals surface area contributed by atoms with Gasteiger partial charge in [-0.25, -0.2) is 15.0 Å². The fourth-order valence-corrected chi connectivity index (χ4v) is 12.0. The van der Waals surface area contributed by atoms with E-state index in [9.17, 15) is 5.26 Å². The van der Waals surface area contributed by atoms with Crippen molar-refractivity contribution < 1.29 is 0 Å². The first-order chi connectivity index (χ1) is 37.6. The van der Waals surface area contributed by atoms with Crippen molar-refractivity contribution in [3.05, 3.63) is 260 Å². The minimum atomic E-state index is 0.571. The summed E-state index contributed by atoms with van der Waals surface area (Å²) < 4.78 is 0. The molecule has 4 heteroatoms. The topological polar surface area (TPSA) is 62.5 Å². The molecule has 1 heterocycles. The zero-order valence-corrected chi connectivity index (χ0v) is 41.0. The molecule has 0 bridgehead atoms. The van der Waals surface area contributed by atoms with Crippen LogP contribution in [0.2, 0.25) is 0 Å². The van der Waals surface area contributed by atoms with Gasteiger partial charge in [0.25, 0.3) is 0 Å². The van der Waals surface area contributed by atoms with Crippen LogP contribution < -0.4 is 0 Å². The van der Waals surface area contributed by atoms with Gasteiger partial charge in [-0.3, -0.25) is 0 Å². The molecule has 0 spiro atoms. The summed E-state index contributed by atoms with van der Waals surface area (Å²) in [5.41, 5.74) is 24.2. The summed E-state index contributed by atoms with van der Waals surface area (Å²) in [6.07, 6.45) is 0. The van der Waals surface area contributed by atoms with Crippen molar-refractivity contribution in [1.29, 1.82) is 5.26 Å². The third-order valence-electron chi connectivity index (χ3n) is 15.5. The molecule has 0 atom stereocenters. The molecule has 12 aromatic carbocycles. The smallest absolute Gasteiger partial charge is 0.164 e. The molecule has 15 rings (SSSR count). The minimum Gasteiger partial charge on any atom is -0.208 e. The third kappa shape index (κ3) is 6.95. The quantitative estimate of drug-likeness (QED) is 0.152. The third-order valence-corrected chi connectivity index (χ3v) is 15.5.